The monoisotopic (exact) mass is 368 g/mol. The van der Waals surface area contributed by atoms with Crippen molar-refractivity contribution >= 4 is 46.7 Å². The van der Waals surface area contributed by atoms with Crippen molar-refractivity contribution < 1.29 is 9.47 Å². The van der Waals surface area contributed by atoms with Gasteiger partial charge in [-0.3, -0.25) is 0 Å². The Balaban J connectivity index is 1.89. The smallest absolute Gasteiger partial charge is 0.218 e. The summed E-state index contributed by atoms with van der Waals surface area (Å²) in [5.41, 5.74) is 1.67. The molecule has 4 nitrogen and oxygen atoms in total. The Morgan fingerprint density at radius 2 is 2.00 bits per heavy atom. The first kappa shape index (κ1) is 16.3. The molecule has 0 saturated heterocycles. The summed E-state index contributed by atoms with van der Waals surface area (Å²) in [6, 6.07) is 11.1. The van der Waals surface area contributed by atoms with Gasteiger partial charge in [0.1, 0.15) is 12.4 Å². The molecule has 0 spiro atoms. The van der Waals surface area contributed by atoms with Crippen LogP contribution in [0.2, 0.25) is 10.0 Å². The van der Waals surface area contributed by atoms with Crippen molar-refractivity contribution in [1.82, 2.24) is 0 Å². The highest BCUT2D eigenvalue weighted by molar-refractivity contribution is 8.00. The maximum Gasteiger partial charge on any atom is 0.218 e. The van der Waals surface area contributed by atoms with Gasteiger partial charge in [-0.25, -0.2) is 4.99 Å². The number of aliphatic imine (C=N–C) groups is 1. The van der Waals surface area contributed by atoms with E-state index in [1.54, 1.807) is 13.2 Å². The fourth-order valence-corrected chi connectivity index (χ4v) is 3.64. The van der Waals surface area contributed by atoms with Crippen LogP contribution in [0.1, 0.15) is 5.56 Å². The van der Waals surface area contributed by atoms with Gasteiger partial charge in [-0.1, -0.05) is 29.3 Å². The maximum atomic E-state index is 6.04. The Morgan fingerprint density at radius 3 is 2.65 bits per heavy atom. The van der Waals surface area contributed by atoms with E-state index in [4.69, 9.17) is 32.7 Å². The average molecular weight is 369 g/mol. The Bertz CT molecular complexity index is 733. The molecule has 0 unspecified atom stereocenters. The van der Waals surface area contributed by atoms with Crippen molar-refractivity contribution in [2.45, 2.75) is 4.90 Å². The molecule has 0 aromatic heterocycles. The van der Waals surface area contributed by atoms with Gasteiger partial charge in [-0.05, 0) is 42.3 Å². The quantitative estimate of drug-likeness (QED) is 0.762. The molecule has 0 fully saturated rings. The fraction of sp³-hybridized carbons (Fsp3) is 0.188. The van der Waals surface area contributed by atoms with Crippen LogP contribution >= 0.6 is 35.1 Å². The summed E-state index contributed by atoms with van der Waals surface area (Å²) in [6.07, 6.45) is 0. The molecule has 1 N–H and O–H groups in total. The Morgan fingerprint density at radius 1 is 1.22 bits per heavy atom. The van der Waals surface area contributed by atoms with Gasteiger partial charge < -0.3 is 14.2 Å². The van der Waals surface area contributed by atoms with Crippen LogP contribution in [0.15, 0.2) is 46.3 Å². The zero-order valence-electron chi connectivity index (χ0n) is 12.3. The molecule has 0 bridgehead atoms. The standard InChI is InChI=1S/C16H14Cl2N2O2S/c1-21-14-4-2-3-13(16-19-5-6-22-16)15(14)20-23-12-8-10(17)7-11(18)9-12/h2-4,7-9,20H,5-6H2,1H3. The minimum absolute atomic E-state index is 0.588. The van der Waals surface area contributed by atoms with E-state index in [1.165, 1.54) is 11.9 Å². The van der Waals surface area contributed by atoms with E-state index in [0.717, 1.165) is 16.1 Å². The van der Waals surface area contributed by atoms with Gasteiger partial charge in [0.2, 0.25) is 5.90 Å². The van der Waals surface area contributed by atoms with Crippen molar-refractivity contribution in [3.8, 4) is 5.75 Å². The van der Waals surface area contributed by atoms with Crippen molar-refractivity contribution in [3.05, 3.63) is 52.0 Å². The Kier molecular flexibility index (Phi) is 5.20. The van der Waals surface area contributed by atoms with Gasteiger partial charge in [-0.15, -0.1) is 0 Å². The van der Waals surface area contributed by atoms with E-state index < -0.39 is 0 Å². The lowest BCUT2D eigenvalue weighted by Gasteiger charge is -2.15. The molecule has 0 aliphatic carbocycles. The highest BCUT2D eigenvalue weighted by Gasteiger charge is 2.18. The summed E-state index contributed by atoms with van der Waals surface area (Å²) in [4.78, 5) is 5.27. The summed E-state index contributed by atoms with van der Waals surface area (Å²) in [7, 11) is 1.63. The van der Waals surface area contributed by atoms with Crippen molar-refractivity contribution in [3.63, 3.8) is 0 Å². The molecule has 23 heavy (non-hydrogen) atoms. The van der Waals surface area contributed by atoms with Crippen LogP contribution in [-0.4, -0.2) is 26.2 Å². The average Bonchev–Trinajstić information content (AvgIpc) is 3.06. The number of methoxy groups -OCH3 is 1. The first-order valence-corrected chi connectivity index (χ1v) is 8.48. The zero-order chi connectivity index (χ0) is 16.2. The lowest BCUT2D eigenvalue weighted by Crippen LogP contribution is -2.06. The molecule has 0 saturated carbocycles. The number of hydrogen-bond donors (Lipinski definition) is 1. The number of nitrogens with one attached hydrogen (secondary N) is 1. The molecule has 1 aliphatic heterocycles. The number of para-hydroxylation sites is 1. The molecule has 0 atom stereocenters. The summed E-state index contributed by atoms with van der Waals surface area (Å²) >= 11 is 13.5. The van der Waals surface area contributed by atoms with Crippen LogP contribution in [-0.2, 0) is 4.74 Å². The largest absolute Gasteiger partial charge is 0.495 e. The third-order valence-corrected chi connectivity index (χ3v) is 4.38. The number of ether oxygens (including phenoxy) is 2. The first-order valence-electron chi connectivity index (χ1n) is 6.91. The third-order valence-electron chi connectivity index (χ3n) is 3.17. The minimum atomic E-state index is 0.588. The molecule has 7 heteroatoms. The van der Waals surface area contributed by atoms with E-state index >= 15 is 0 Å². The van der Waals surface area contributed by atoms with Gasteiger partial charge in [0.05, 0.1) is 24.9 Å². The molecule has 2 aromatic carbocycles. The molecule has 3 rings (SSSR count). The molecule has 0 radical (unpaired) electrons. The fourth-order valence-electron chi connectivity index (χ4n) is 2.18. The minimum Gasteiger partial charge on any atom is -0.495 e. The van der Waals surface area contributed by atoms with Gasteiger partial charge in [-0.2, -0.15) is 0 Å². The van der Waals surface area contributed by atoms with Crippen molar-refractivity contribution in [2.75, 3.05) is 25.0 Å². The summed E-state index contributed by atoms with van der Waals surface area (Å²) in [6.45, 7) is 1.27. The number of halogens is 2. The third kappa shape index (κ3) is 3.86. The second kappa shape index (κ2) is 7.34. The van der Waals surface area contributed by atoms with Gasteiger partial charge in [0.15, 0.2) is 0 Å². The SMILES string of the molecule is COc1cccc(C2=NCCO2)c1NSc1cc(Cl)cc(Cl)c1. The molecule has 2 aromatic rings. The van der Waals surface area contributed by atoms with E-state index in [0.29, 0.717) is 34.8 Å². The number of nitrogens with zero attached hydrogens (tertiary/aromatic N) is 1. The van der Waals surface area contributed by atoms with Gasteiger partial charge in [0, 0.05) is 14.9 Å². The maximum absolute atomic E-state index is 6.04. The number of rotatable bonds is 5. The second-order valence-electron chi connectivity index (χ2n) is 4.73. The highest BCUT2D eigenvalue weighted by atomic mass is 35.5. The number of hydrogen-bond acceptors (Lipinski definition) is 5. The Labute approximate surface area is 148 Å². The van der Waals surface area contributed by atoms with Crippen molar-refractivity contribution in [2.24, 2.45) is 4.99 Å². The number of benzene rings is 2. The predicted octanol–water partition coefficient (Wildman–Crippen LogP) is 4.90. The van der Waals surface area contributed by atoms with E-state index in [9.17, 15) is 0 Å². The van der Waals surface area contributed by atoms with E-state index in [2.05, 4.69) is 9.71 Å². The summed E-state index contributed by atoms with van der Waals surface area (Å²) < 4.78 is 14.3. The van der Waals surface area contributed by atoms with Crippen LogP contribution in [0.5, 0.6) is 5.75 Å². The molecular formula is C16H14Cl2N2O2S. The topological polar surface area (TPSA) is 42.9 Å². The van der Waals surface area contributed by atoms with Crippen LogP contribution in [0.4, 0.5) is 5.69 Å². The van der Waals surface area contributed by atoms with Crippen LogP contribution in [0.3, 0.4) is 0 Å². The molecule has 1 heterocycles. The first-order chi connectivity index (χ1) is 11.2. The second-order valence-corrected chi connectivity index (χ2v) is 6.48. The van der Waals surface area contributed by atoms with Crippen LogP contribution < -0.4 is 9.46 Å². The van der Waals surface area contributed by atoms with E-state index in [1.807, 2.05) is 30.3 Å². The molecule has 120 valence electrons. The molecular weight excluding hydrogens is 355 g/mol. The summed E-state index contributed by atoms with van der Waals surface area (Å²) in [5.74, 6) is 1.33. The lowest BCUT2D eigenvalue weighted by atomic mass is 10.1. The summed E-state index contributed by atoms with van der Waals surface area (Å²) in [5, 5.41) is 1.18. The van der Waals surface area contributed by atoms with Crippen molar-refractivity contribution in [1.29, 1.82) is 0 Å². The zero-order valence-corrected chi connectivity index (χ0v) is 14.6. The predicted molar refractivity (Wildman–Crippen MR) is 96.3 cm³/mol. The molecule has 1 aliphatic rings. The normalized spacial score (nSPS) is 13.4. The number of anilines is 1. The van der Waals surface area contributed by atoms with Crippen LogP contribution in [0, 0.1) is 0 Å². The van der Waals surface area contributed by atoms with Gasteiger partial charge >= 0.3 is 0 Å². The lowest BCUT2D eigenvalue weighted by molar-refractivity contribution is 0.348. The van der Waals surface area contributed by atoms with Crippen LogP contribution in [0.25, 0.3) is 0 Å². The molecule has 0 amide bonds. The van der Waals surface area contributed by atoms with Gasteiger partial charge in [0.25, 0.3) is 0 Å². The highest BCUT2D eigenvalue weighted by Crippen LogP contribution is 2.35. The van der Waals surface area contributed by atoms with E-state index in [-0.39, 0.29) is 0 Å². The Hall–Kier alpha value is -1.56.